The molecule has 3 rings (SSSR count). The monoisotopic (exact) mass is 266 g/mol. The molecule has 1 aromatic rings. The molecule has 5 heteroatoms. The lowest BCUT2D eigenvalue weighted by Crippen LogP contribution is -2.55. The van der Waals surface area contributed by atoms with E-state index >= 15 is 0 Å². The van der Waals surface area contributed by atoms with Gasteiger partial charge in [0, 0.05) is 25.9 Å². The van der Waals surface area contributed by atoms with Crippen LogP contribution in [0.15, 0.2) is 18.5 Å². The molecular formula is C14H19FN2O2. The second-order valence-corrected chi connectivity index (χ2v) is 5.39. The van der Waals surface area contributed by atoms with E-state index in [0.717, 1.165) is 32.3 Å². The second-order valence-electron chi connectivity index (χ2n) is 5.39. The predicted molar refractivity (Wildman–Crippen MR) is 69.6 cm³/mol. The van der Waals surface area contributed by atoms with Crippen LogP contribution < -0.4 is 4.90 Å². The Bertz CT molecular complexity index is 447. The molecule has 0 aromatic carbocycles. The van der Waals surface area contributed by atoms with Crippen molar-refractivity contribution in [1.82, 2.24) is 4.98 Å². The summed E-state index contributed by atoms with van der Waals surface area (Å²) >= 11 is 0. The SMILES string of the molecule is OC1CCCOC12CCN(c1ccncc1F)CC2. The van der Waals surface area contributed by atoms with E-state index in [2.05, 4.69) is 4.98 Å². The fraction of sp³-hybridized carbons (Fsp3) is 0.643. The molecule has 1 atom stereocenters. The zero-order valence-electron chi connectivity index (χ0n) is 10.9. The Labute approximate surface area is 112 Å². The van der Waals surface area contributed by atoms with Gasteiger partial charge in [-0.05, 0) is 31.7 Å². The van der Waals surface area contributed by atoms with Crippen LogP contribution in [0.25, 0.3) is 0 Å². The first-order valence-corrected chi connectivity index (χ1v) is 6.88. The maximum Gasteiger partial charge on any atom is 0.164 e. The second kappa shape index (κ2) is 5.06. The van der Waals surface area contributed by atoms with Crippen LogP contribution in [0.5, 0.6) is 0 Å². The van der Waals surface area contributed by atoms with Crippen LogP contribution in [0, 0.1) is 5.82 Å². The molecule has 2 fully saturated rings. The molecule has 1 unspecified atom stereocenters. The van der Waals surface area contributed by atoms with Crippen LogP contribution in [0.4, 0.5) is 10.1 Å². The highest BCUT2D eigenvalue weighted by molar-refractivity contribution is 5.46. The van der Waals surface area contributed by atoms with E-state index in [0.29, 0.717) is 18.8 Å². The number of rotatable bonds is 1. The van der Waals surface area contributed by atoms with Gasteiger partial charge in [-0.2, -0.15) is 0 Å². The number of aliphatic hydroxyl groups is 1. The van der Waals surface area contributed by atoms with Crippen molar-refractivity contribution in [3.63, 3.8) is 0 Å². The third kappa shape index (κ3) is 2.32. The summed E-state index contributed by atoms with van der Waals surface area (Å²) in [5, 5.41) is 10.2. The lowest BCUT2D eigenvalue weighted by molar-refractivity contribution is -0.164. The van der Waals surface area contributed by atoms with E-state index in [1.54, 1.807) is 12.3 Å². The molecule has 1 spiro atoms. The van der Waals surface area contributed by atoms with Gasteiger partial charge in [0.2, 0.25) is 0 Å². The molecule has 2 aliphatic heterocycles. The molecule has 4 nitrogen and oxygen atoms in total. The fourth-order valence-electron chi connectivity index (χ4n) is 3.14. The van der Waals surface area contributed by atoms with Gasteiger partial charge in [0.25, 0.3) is 0 Å². The molecule has 1 aromatic heterocycles. The minimum atomic E-state index is -0.405. The lowest BCUT2D eigenvalue weighted by Gasteiger charge is -2.47. The summed E-state index contributed by atoms with van der Waals surface area (Å²) in [5.41, 5.74) is 0.188. The van der Waals surface area contributed by atoms with Crippen LogP contribution in [0.1, 0.15) is 25.7 Å². The number of piperidine rings is 1. The summed E-state index contributed by atoms with van der Waals surface area (Å²) in [4.78, 5) is 5.78. The highest BCUT2D eigenvalue weighted by Gasteiger charge is 2.43. The minimum Gasteiger partial charge on any atom is -0.390 e. The minimum absolute atomic E-state index is 0.288. The Hall–Kier alpha value is -1.20. The Balaban J connectivity index is 1.71. The predicted octanol–water partition coefficient (Wildman–Crippen LogP) is 1.73. The molecule has 3 heterocycles. The Kier molecular flexibility index (Phi) is 3.41. The number of pyridine rings is 1. The Morgan fingerprint density at radius 2 is 2.21 bits per heavy atom. The van der Waals surface area contributed by atoms with Crippen LogP contribution in [0.2, 0.25) is 0 Å². The molecule has 2 aliphatic rings. The maximum absolute atomic E-state index is 13.7. The molecule has 104 valence electrons. The van der Waals surface area contributed by atoms with Gasteiger partial charge < -0.3 is 14.7 Å². The standard InChI is InChI=1S/C14H19FN2O2/c15-11-10-16-6-3-12(11)17-7-4-14(5-8-17)13(18)2-1-9-19-14/h3,6,10,13,18H,1-2,4-5,7-9H2. The number of hydrogen-bond donors (Lipinski definition) is 1. The summed E-state index contributed by atoms with van der Waals surface area (Å²) in [6, 6.07) is 1.70. The number of anilines is 1. The summed E-state index contributed by atoms with van der Waals surface area (Å²) in [6.07, 6.45) is 5.69. The van der Waals surface area contributed by atoms with Gasteiger partial charge in [0.15, 0.2) is 5.82 Å². The highest BCUT2D eigenvalue weighted by Crippen LogP contribution is 2.36. The lowest BCUT2D eigenvalue weighted by atomic mass is 9.82. The van der Waals surface area contributed by atoms with E-state index in [9.17, 15) is 9.50 Å². The van der Waals surface area contributed by atoms with Crippen molar-refractivity contribution in [3.8, 4) is 0 Å². The van der Waals surface area contributed by atoms with Gasteiger partial charge in [0.1, 0.15) is 0 Å². The molecule has 0 radical (unpaired) electrons. The average Bonchev–Trinajstić information content (AvgIpc) is 2.44. The quantitative estimate of drug-likeness (QED) is 0.841. The maximum atomic E-state index is 13.7. The molecule has 0 amide bonds. The van der Waals surface area contributed by atoms with Crippen LogP contribution in [-0.4, -0.2) is 41.5 Å². The number of halogens is 1. The summed E-state index contributed by atoms with van der Waals surface area (Å²) in [5.74, 6) is -0.288. The van der Waals surface area contributed by atoms with Gasteiger partial charge >= 0.3 is 0 Å². The number of hydrogen-bond acceptors (Lipinski definition) is 4. The van der Waals surface area contributed by atoms with Gasteiger partial charge in [-0.15, -0.1) is 0 Å². The van der Waals surface area contributed by atoms with Crippen LogP contribution in [-0.2, 0) is 4.74 Å². The molecule has 0 aliphatic carbocycles. The van der Waals surface area contributed by atoms with Crippen molar-refractivity contribution in [2.75, 3.05) is 24.6 Å². The van der Waals surface area contributed by atoms with Crippen LogP contribution >= 0.6 is 0 Å². The van der Waals surface area contributed by atoms with E-state index in [1.165, 1.54) is 6.20 Å². The normalized spacial score (nSPS) is 26.6. The topological polar surface area (TPSA) is 45.6 Å². The largest absolute Gasteiger partial charge is 0.390 e. The van der Waals surface area contributed by atoms with Crippen LogP contribution in [0.3, 0.4) is 0 Å². The molecule has 0 saturated carbocycles. The highest BCUT2D eigenvalue weighted by atomic mass is 19.1. The van der Waals surface area contributed by atoms with E-state index in [4.69, 9.17) is 4.74 Å². The van der Waals surface area contributed by atoms with Crippen molar-refractivity contribution < 1.29 is 14.2 Å². The van der Waals surface area contributed by atoms with E-state index < -0.39 is 5.60 Å². The Morgan fingerprint density at radius 1 is 1.42 bits per heavy atom. The van der Waals surface area contributed by atoms with Crippen molar-refractivity contribution in [2.45, 2.75) is 37.4 Å². The van der Waals surface area contributed by atoms with Gasteiger partial charge in [-0.3, -0.25) is 4.98 Å². The van der Waals surface area contributed by atoms with E-state index in [-0.39, 0.29) is 11.9 Å². The van der Waals surface area contributed by atoms with Crippen molar-refractivity contribution in [2.24, 2.45) is 0 Å². The zero-order chi connectivity index (χ0) is 13.3. The van der Waals surface area contributed by atoms with Crippen molar-refractivity contribution in [1.29, 1.82) is 0 Å². The summed E-state index contributed by atoms with van der Waals surface area (Å²) < 4.78 is 19.6. The molecule has 2 saturated heterocycles. The molecule has 19 heavy (non-hydrogen) atoms. The number of aromatic nitrogens is 1. The first-order valence-electron chi connectivity index (χ1n) is 6.88. The van der Waals surface area contributed by atoms with E-state index in [1.807, 2.05) is 4.90 Å². The summed E-state index contributed by atoms with van der Waals surface area (Å²) in [6.45, 7) is 2.14. The first-order chi connectivity index (χ1) is 9.21. The van der Waals surface area contributed by atoms with Gasteiger partial charge in [0.05, 0.1) is 23.6 Å². The average molecular weight is 266 g/mol. The molecule has 0 bridgehead atoms. The smallest absolute Gasteiger partial charge is 0.164 e. The van der Waals surface area contributed by atoms with Crippen molar-refractivity contribution >= 4 is 5.69 Å². The summed E-state index contributed by atoms with van der Waals surface area (Å²) in [7, 11) is 0. The molecular weight excluding hydrogens is 247 g/mol. The number of nitrogens with zero attached hydrogens (tertiary/aromatic N) is 2. The third-order valence-electron chi connectivity index (χ3n) is 4.32. The molecule has 1 N–H and O–H groups in total. The fourth-order valence-corrected chi connectivity index (χ4v) is 3.14. The number of ether oxygens (including phenoxy) is 1. The third-order valence-corrected chi connectivity index (χ3v) is 4.32. The van der Waals surface area contributed by atoms with Gasteiger partial charge in [-0.1, -0.05) is 0 Å². The first kappa shape index (κ1) is 12.8. The zero-order valence-corrected chi connectivity index (χ0v) is 10.9. The van der Waals surface area contributed by atoms with Gasteiger partial charge in [-0.25, -0.2) is 4.39 Å². The number of aliphatic hydroxyl groups excluding tert-OH is 1. The van der Waals surface area contributed by atoms with Crippen molar-refractivity contribution in [3.05, 3.63) is 24.3 Å². The Morgan fingerprint density at radius 3 is 2.89 bits per heavy atom.